The van der Waals surface area contributed by atoms with Crippen molar-refractivity contribution in [3.8, 4) is 5.75 Å². The van der Waals surface area contributed by atoms with Gasteiger partial charge < -0.3 is 18.8 Å². The third-order valence-electron chi connectivity index (χ3n) is 4.11. The summed E-state index contributed by atoms with van der Waals surface area (Å²) in [6.07, 6.45) is 5.16. The minimum absolute atomic E-state index is 0.0134. The van der Waals surface area contributed by atoms with Gasteiger partial charge >= 0.3 is 5.63 Å². The lowest BCUT2D eigenvalue weighted by Gasteiger charge is -2.15. The molecule has 1 aromatic heterocycles. The zero-order valence-corrected chi connectivity index (χ0v) is 15.8. The predicted molar refractivity (Wildman–Crippen MR) is 105 cm³/mol. The summed E-state index contributed by atoms with van der Waals surface area (Å²) in [5.41, 5.74) is 0.165. The van der Waals surface area contributed by atoms with Crippen LogP contribution in [0.4, 0.5) is 0 Å². The van der Waals surface area contributed by atoms with Gasteiger partial charge in [0.15, 0.2) is 0 Å². The molecule has 6 nitrogen and oxygen atoms in total. The molecule has 6 heteroatoms. The quantitative estimate of drug-likeness (QED) is 0.419. The molecule has 0 aliphatic rings. The third kappa shape index (κ3) is 7.27. The Bertz CT molecular complexity index is 799. The minimum Gasteiger partial charge on any atom is -0.493 e. The lowest BCUT2D eigenvalue weighted by atomic mass is 10.2. The highest BCUT2D eigenvalue weighted by Crippen LogP contribution is 2.19. The molecule has 1 aromatic carbocycles. The Morgan fingerprint density at radius 2 is 1.81 bits per heavy atom. The fourth-order valence-corrected chi connectivity index (χ4v) is 2.59. The van der Waals surface area contributed by atoms with E-state index in [9.17, 15) is 9.59 Å². The molecule has 0 aliphatic carbocycles. The molecule has 1 heterocycles. The van der Waals surface area contributed by atoms with Crippen molar-refractivity contribution in [2.45, 2.75) is 32.6 Å². The number of benzene rings is 1. The van der Waals surface area contributed by atoms with Gasteiger partial charge in [-0.3, -0.25) is 4.79 Å². The summed E-state index contributed by atoms with van der Waals surface area (Å²) in [4.78, 5) is 24.1. The van der Waals surface area contributed by atoms with Gasteiger partial charge in [0.25, 0.3) is 0 Å². The summed E-state index contributed by atoms with van der Waals surface area (Å²) < 4.78 is 16.4. The number of carbonyl (C=O) groups is 1. The Labute approximate surface area is 159 Å². The van der Waals surface area contributed by atoms with Crippen LogP contribution in [0.2, 0.25) is 0 Å². The molecule has 0 spiro atoms. The first kappa shape index (κ1) is 20.7. The summed E-state index contributed by atoms with van der Waals surface area (Å²) in [6.45, 7) is 7.80. The second-order valence-corrected chi connectivity index (χ2v) is 6.22. The van der Waals surface area contributed by atoms with Gasteiger partial charge in [-0.25, -0.2) is 4.79 Å². The fraction of sp³-hybridized carbons (Fsp3) is 0.429. The van der Waals surface area contributed by atoms with Crippen molar-refractivity contribution in [3.63, 3.8) is 0 Å². The molecule has 0 radical (unpaired) electrons. The van der Waals surface area contributed by atoms with Gasteiger partial charge in [0.2, 0.25) is 5.91 Å². The van der Waals surface area contributed by atoms with E-state index in [-0.39, 0.29) is 11.5 Å². The summed E-state index contributed by atoms with van der Waals surface area (Å²) in [7, 11) is 0. The number of carbonyl (C=O) groups excluding carboxylic acids is 1. The van der Waals surface area contributed by atoms with E-state index in [2.05, 4.69) is 6.58 Å². The number of unbranched alkanes of at least 4 members (excludes halogenated alkanes) is 2. The first-order chi connectivity index (χ1) is 13.1. The maximum absolute atomic E-state index is 11.3. The molecule has 0 unspecified atom stereocenters. The lowest BCUT2D eigenvalue weighted by molar-refractivity contribution is -0.126. The first-order valence-corrected chi connectivity index (χ1v) is 9.24. The third-order valence-corrected chi connectivity index (χ3v) is 4.11. The van der Waals surface area contributed by atoms with Gasteiger partial charge in [0.1, 0.15) is 11.3 Å². The van der Waals surface area contributed by atoms with Crippen LogP contribution in [0.5, 0.6) is 5.75 Å². The van der Waals surface area contributed by atoms with Crippen LogP contribution in [-0.4, -0.2) is 37.2 Å². The van der Waals surface area contributed by atoms with E-state index in [4.69, 9.17) is 13.9 Å². The average Bonchev–Trinajstić information content (AvgIpc) is 2.65. The van der Waals surface area contributed by atoms with E-state index in [0.29, 0.717) is 37.7 Å². The van der Waals surface area contributed by atoms with E-state index in [1.165, 1.54) is 13.0 Å². The van der Waals surface area contributed by atoms with Crippen molar-refractivity contribution in [1.29, 1.82) is 0 Å². The number of hydrogen-bond donors (Lipinski definition) is 0. The normalized spacial score (nSPS) is 10.7. The highest BCUT2D eigenvalue weighted by atomic mass is 16.5. The van der Waals surface area contributed by atoms with E-state index in [1.54, 1.807) is 23.2 Å². The monoisotopic (exact) mass is 373 g/mol. The van der Waals surface area contributed by atoms with Gasteiger partial charge in [-0.2, -0.15) is 0 Å². The van der Waals surface area contributed by atoms with E-state index in [1.807, 2.05) is 12.1 Å². The van der Waals surface area contributed by atoms with Gasteiger partial charge in [-0.15, -0.1) is 0 Å². The zero-order chi connectivity index (χ0) is 19.5. The molecule has 2 aromatic rings. The van der Waals surface area contributed by atoms with Crippen LogP contribution in [0.1, 0.15) is 32.6 Å². The molecule has 27 heavy (non-hydrogen) atoms. The van der Waals surface area contributed by atoms with Crippen LogP contribution in [0, 0.1) is 0 Å². The standard InChI is InChI=1S/C21H27NO5/c1-3-22(17(2)23)12-4-5-13-25-14-6-7-15-26-19-10-8-18-9-11-21(24)27-20(18)16-19/h3,8-11,16H,1,4-7,12-15H2,2H3. The van der Waals surface area contributed by atoms with Crippen molar-refractivity contribution in [2.75, 3.05) is 26.4 Å². The van der Waals surface area contributed by atoms with Crippen molar-refractivity contribution in [1.82, 2.24) is 4.90 Å². The number of fused-ring (bicyclic) bond motifs is 1. The van der Waals surface area contributed by atoms with E-state index >= 15 is 0 Å². The smallest absolute Gasteiger partial charge is 0.336 e. The Kier molecular flexibility index (Phi) is 8.58. The van der Waals surface area contributed by atoms with Crippen LogP contribution in [0.3, 0.4) is 0 Å². The number of ether oxygens (including phenoxy) is 2. The average molecular weight is 373 g/mol. The number of hydrogen-bond acceptors (Lipinski definition) is 5. The van der Waals surface area contributed by atoms with Gasteiger partial charge in [0, 0.05) is 44.2 Å². The second-order valence-electron chi connectivity index (χ2n) is 6.22. The van der Waals surface area contributed by atoms with Gasteiger partial charge in [0.05, 0.1) is 6.61 Å². The molecule has 0 saturated carbocycles. The lowest BCUT2D eigenvalue weighted by Crippen LogP contribution is -2.23. The Morgan fingerprint density at radius 1 is 1.11 bits per heavy atom. The molecule has 1 amide bonds. The molecular formula is C21H27NO5. The second kappa shape index (κ2) is 11.2. The minimum atomic E-state index is -0.365. The van der Waals surface area contributed by atoms with Crippen molar-refractivity contribution in [2.24, 2.45) is 0 Å². The molecule has 0 N–H and O–H groups in total. The van der Waals surface area contributed by atoms with Gasteiger partial charge in [-0.05, 0) is 50.1 Å². The van der Waals surface area contributed by atoms with Gasteiger partial charge in [-0.1, -0.05) is 6.58 Å². The number of rotatable bonds is 12. The molecule has 2 rings (SSSR count). The SMILES string of the molecule is C=CN(CCCCOCCCCOc1ccc2ccc(=O)oc2c1)C(C)=O. The zero-order valence-electron chi connectivity index (χ0n) is 15.8. The van der Waals surface area contributed by atoms with Crippen molar-refractivity contribution >= 4 is 16.9 Å². The van der Waals surface area contributed by atoms with Crippen molar-refractivity contribution in [3.05, 3.63) is 53.5 Å². The molecule has 0 saturated heterocycles. The van der Waals surface area contributed by atoms with Crippen LogP contribution in [-0.2, 0) is 9.53 Å². The summed E-state index contributed by atoms with van der Waals surface area (Å²) >= 11 is 0. The molecule has 146 valence electrons. The topological polar surface area (TPSA) is 69.0 Å². The highest BCUT2D eigenvalue weighted by Gasteiger charge is 2.03. The van der Waals surface area contributed by atoms with Crippen LogP contribution in [0.15, 0.2) is 52.3 Å². The Hall–Kier alpha value is -2.60. The molecule has 0 fully saturated rings. The molecule has 0 bridgehead atoms. The van der Waals surface area contributed by atoms with E-state index in [0.717, 1.165) is 31.1 Å². The van der Waals surface area contributed by atoms with E-state index < -0.39 is 0 Å². The largest absolute Gasteiger partial charge is 0.493 e. The highest BCUT2D eigenvalue weighted by molar-refractivity contribution is 5.77. The van der Waals surface area contributed by atoms with Crippen LogP contribution >= 0.6 is 0 Å². The Morgan fingerprint density at radius 3 is 2.56 bits per heavy atom. The Balaban J connectivity index is 1.53. The summed E-state index contributed by atoms with van der Waals surface area (Å²) in [5, 5.41) is 0.870. The molecular weight excluding hydrogens is 346 g/mol. The summed E-state index contributed by atoms with van der Waals surface area (Å²) in [5.74, 6) is 0.703. The molecule has 0 aliphatic heterocycles. The van der Waals surface area contributed by atoms with Crippen molar-refractivity contribution < 1.29 is 18.7 Å². The summed E-state index contributed by atoms with van der Waals surface area (Å²) in [6, 6.07) is 8.61. The molecule has 0 atom stereocenters. The maximum atomic E-state index is 11.3. The number of amides is 1. The fourth-order valence-electron chi connectivity index (χ4n) is 2.59. The number of nitrogens with zero attached hydrogens (tertiary/aromatic N) is 1. The maximum Gasteiger partial charge on any atom is 0.336 e. The first-order valence-electron chi connectivity index (χ1n) is 9.24. The van der Waals surface area contributed by atoms with Crippen LogP contribution < -0.4 is 10.4 Å². The van der Waals surface area contributed by atoms with Crippen LogP contribution in [0.25, 0.3) is 11.0 Å². The predicted octanol–water partition coefficient (Wildman–Crippen LogP) is 3.74.